The standard InChI is InChI=1S/C16H23N3O/c17-12-16(20)19-9-7-18(8-10-19)15-6-5-13-3-1-2-4-14(13)11-15/h5-6,11H,1-4,7-10,12,17H2. The number of aryl methyl sites for hydroxylation is 2. The van der Waals surface area contributed by atoms with Crippen molar-refractivity contribution in [1.82, 2.24) is 4.90 Å². The van der Waals surface area contributed by atoms with Crippen molar-refractivity contribution in [1.29, 1.82) is 0 Å². The third-order valence-corrected chi connectivity index (χ3v) is 4.50. The summed E-state index contributed by atoms with van der Waals surface area (Å²) in [6.45, 7) is 3.51. The zero-order valence-corrected chi connectivity index (χ0v) is 12.0. The van der Waals surface area contributed by atoms with E-state index in [0.717, 1.165) is 26.2 Å². The average molecular weight is 273 g/mol. The Bertz CT molecular complexity index is 492. The van der Waals surface area contributed by atoms with Gasteiger partial charge in [-0.2, -0.15) is 0 Å². The van der Waals surface area contributed by atoms with Crippen LogP contribution in [0.5, 0.6) is 0 Å². The molecule has 1 aromatic rings. The van der Waals surface area contributed by atoms with Crippen LogP contribution in [0.3, 0.4) is 0 Å². The topological polar surface area (TPSA) is 49.6 Å². The molecule has 1 fully saturated rings. The van der Waals surface area contributed by atoms with Crippen LogP contribution in [0.1, 0.15) is 24.0 Å². The Morgan fingerprint density at radius 1 is 1.05 bits per heavy atom. The summed E-state index contributed by atoms with van der Waals surface area (Å²) in [6.07, 6.45) is 5.09. The highest BCUT2D eigenvalue weighted by Crippen LogP contribution is 2.26. The number of fused-ring (bicyclic) bond motifs is 1. The van der Waals surface area contributed by atoms with Gasteiger partial charge in [0.2, 0.25) is 5.91 Å². The van der Waals surface area contributed by atoms with Crippen LogP contribution in [0.4, 0.5) is 5.69 Å². The summed E-state index contributed by atoms with van der Waals surface area (Å²) >= 11 is 0. The van der Waals surface area contributed by atoms with Gasteiger partial charge in [0.1, 0.15) is 0 Å². The molecule has 0 radical (unpaired) electrons. The number of carbonyl (C=O) groups is 1. The quantitative estimate of drug-likeness (QED) is 0.880. The molecule has 0 unspecified atom stereocenters. The zero-order chi connectivity index (χ0) is 13.9. The number of amides is 1. The maximum absolute atomic E-state index is 11.6. The lowest BCUT2D eigenvalue weighted by Crippen LogP contribution is -2.50. The predicted octanol–water partition coefficient (Wildman–Crippen LogP) is 1.17. The summed E-state index contributed by atoms with van der Waals surface area (Å²) in [4.78, 5) is 15.8. The molecule has 108 valence electrons. The second-order valence-electron chi connectivity index (χ2n) is 5.73. The number of hydrogen-bond donors (Lipinski definition) is 1. The van der Waals surface area contributed by atoms with Gasteiger partial charge in [0.05, 0.1) is 6.54 Å². The maximum atomic E-state index is 11.6. The molecular weight excluding hydrogens is 250 g/mol. The van der Waals surface area contributed by atoms with Crippen LogP contribution < -0.4 is 10.6 Å². The molecule has 1 aliphatic heterocycles. The van der Waals surface area contributed by atoms with Crippen LogP contribution in [0.25, 0.3) is 0 Å². The lowest BCUT2D eigenvalue weighted by atomic mass is 9.91. The van der Waals surface area contributed by atoms with E-state index in [9.17, 15) is 4.79 Å². The molecule has 4 heteroatoms. The van der Waals surface area contributed by atoms with E-state index in [1.54, 1.807) is 0 Å². The Morgan fingerprint density at radius 3 is 2.45 bits per heavy atom. The summed E-state index contributed by atoms with van der Waals surface area (Å²) in [5.74, 6) is 0.0649. The van der Waals surface area contributed by atoms with Gasteiger partial charge >= 0.3 is 0 Å². The Kier molecular flexibility index (Phi) is 3.92. The molecular formula is C16H23N3O. The molecule has 0 atom stereocenters. The smallest absolute Gasteiger partial charge is 0.236 e. The van der Waals surface area contributed by atoms with Gasteiger partial charge in [-0.1, -0.05) is 6.07 Å². The van der Waals surface area contributed by atoms with Crippen molar-refractivity contribution in [2.45, 2.75) is 25.7 Å². The minimum absolute atomic E-state index is 0.0649. The van der Waals surface area contributed by atoms with Gasteiger partial charge in [-0.3, -0.25) is 4.79 Å². The first kappa shape index (κ1) is 13.4. The Balaban J connectivity index is 1.67. The van der Waals surface area contributed by atoms with Crippen LogP contribution in [0.2, 0.25) is 0 Å². The van der Waals surface area contributed by atoms with Crippen LogP contribution in [-0.4, -0.2) is 43.5 Å². The second kappa shape index (κ2) is 5.83. The highest BCUT2D eigenvalue weighted by atomic mass is 16.2. The summed E-state index contributed by atoms with van der Waals surface area (Å²) in [7, 11) is 0. The first-order valence-corrected chi connectivity index (χ1v) is 7.62. The van der Waals surface area contributed by atoms with Gasteiger partial charge in [-0.05, 0) is 48.9 Å². The van der Waals surface area contributed by atoms with Crippen molar-refractivity contribution in [2.24, 2.45) is 5.73 Å². The second-order valence-corrected chi connectivity index (χ2v) is 5.73. The number of piperazine rings is 1. The average Bonchev–Trinajstić information content (AvgIpc) is 2.54. The number of anilines is 1. The fourth-order valence-electron chi connectivity index (χ4n) is 3.26. The lowest BCUT2D eigenvalue weighted by Gasteiger charge is -2.36. The van der Waals surface area contributed by atoms with E-state index >= 15 is 0 Å². The minimum atomic E-state index is 0.0649. The molecule has 1 heterocycles. The summed E-state index contributed by atoms with van der Waals surface area (Å²) in [6, 6.07) is 6.89. The van der Waals surface area contributed by atoms with E-state index in [-0.39, 0.29) is 12.5 Å². The zero-order valence-electron chi connectivity index (χ0n) is 12.0. The van der Waals surface area contributed by atoms with Crippen LogP contribution in [-0.2, 0) is 17.6 Å². The van der Waals surface area contributed by atoms with E-state index in [2.05, 4.69) is 23.1 Å². The minimum Gasteiger partial charge on any atom is -0.368 e. The molecule has 1 saturated heterocycles. The molecule has 4 nitrogen and oxygen atoms in total. The highest BCUT2D eigenvalue weighted by Gasteiger charge is 2.21. The lowest BCUT2D eigenvalue weighted by molar-refractivity contribution is -0.129. The molecule has 2 N–H and O–H groups in total. The van der Waals surface area contributed by atoms with E-state index < -0.39 is 0 Å². The van der Waals surface area contributed by atoms with E-state index in [0.29, 0.717) is 0 Å². The van der Waals surface area contributed by atoms with E-state index in [1.807, 2.05) is 4.90 Å². The van der Waals surface area contributed by atoms with E-state index in [4.69, 9.17) is 5.73 Å². The predicted molar refractivity (Wildman–Crippen MR) is 80.9 cm³/mol. The van der Waals surface area contributed by atoms with Crippen molar-refractivity contribution >= 4 is 11.6 Å². The van der Waals surface area contributed by atoms with Gasteiger partial charge in [0.25, 0.3) is 0 Å². The van der Waals surface area contributed by atoms with Gasteiger partial charge in [0.15, 0.2) is 0 Å². The number of rotatable bonds is 2. The summed E-state index contributed by atoms with van der Waals surface area (Å²) < 4.78 is 0. The summed E-state index contributed by atoms with van der Waals surface area (Å²) in [5, 5.41) is 0. The van der Waals surface area contributed by atoms with Crippen molar-refractivity contribution in [3.63, 3.8) is 0 Å². The van der Waals surface area contributed by atoms with Gasteiger partial charge in [-0.25, -0.2) is 0 Å². The number of carbonyl (C=O) groups excluding carboxylic acids is 1. The van der Waals surface area contributed by atoms with Gasteiger partial charge in [-0.15, -0.1) is 0 Å². The Labute approximate surface area is 120 Å². The molecule has 20 heavy (non-hydrogen) atoms. The molecule has 3 rings (SSSR count). The molecule has 1 amide bonds. The Morgan fingerprint density at radius 2 is 1.75 bits per heavy atom. The monoisotopic (exact) mass is 273 g/mol. The van der Waals surface area contributed by atoms with Crippen LogP contribution >= 0.6 is 0 Å². The largest absolute Gasteiger partial charge is 0.368 e. The Hall–Kier alpha value is -1.55. The van der Waals surface area contributed by atoms with Gasteiger partial charge < -0.3 is 15.5 Å². The van der Waals surface area contributed by atoms with Crippen molar-refractivity contribution in [2.75, 3.05) is 37.6 Å². The number of hydrogen-bond acceptors (Lipinski definition) is 3. The molecule has 1 aromatic carbocycles. The highest BCUT2D eigenvalue weighted by molar-refractivity contribution is 5.78. The SMILES string of the molecule is NCC(=O)N1CCN(c2ccc3c(c2)CCCC3)CC1. The molecule has 0 bridgehead atoms. The fourth-order valence-corrected chi connectivity index (χ4v) is 3.26. The third kappa shape index (κ3) is 2.66. The number of nitrogens with zero attached hydrogens (tertiary/aromatic N) is 2. The first-order valence-electron chi connectivity index (χ1n) is 7.62. The van der Waals surface area contributed by atoms with Crippen molar-refractivity contribution in [3.05, 3.63) is 29.3 Å². The molecule has 1 aliphatic carbocycles. The number of nitrogens with two attached hydrogens (primary N) is 1. The van der Waals surface area contributed by atoms with Crippen molar-refractivity contribution in [3.8, 4) is 0 Å². The van der Waals surface area contributed by atoms with Crippen LogP contribution in [0, 0.1) is 0 Å². The van der Waals surface area contributed by atoms with E-state index in [1.165, 1.54) is 42.5 Å². The molecule has 0 aromatic heterocycles. The molecule has 2 aliphatic rings. The number of benzene rings is 1. The molecule has 0 saturated carbocycles. The van der Waals surface area contributed by atoms with Crippen molar-refractivity contribution < 1.29 is 4.79 Å². The summed E-state index contributed by atoms with van der Waals surface area (Å²) in [5.41, 5.74) is 9.78. The van der Waals surface area contributed by atoms with Gasteiger partial charge in [0, 0.05) is 31.9 Å². The third-order valence-electron chi connectivity index (χ3n) is 4.50. The fraction of sp³-hybridized carbons (Fsp3) is 0.562. The molecule has 0 spiro atoms. The normalized spacial score (nSPS) is 18.9. The van der Waals surface area contributed by atoms with Crippen LogP contribution in [0.15, 0.2) is 18.2 Å². The maximum Gasteiger partial charge on any atom is 0.236 e. The first-order chi connectivity index (χ1) is 9.78.